The monoisotopic (exact) mass is 262 g/mol. The van der Waals surface area contributed by atoms with Gasteiger partial charge in [0.05, 0.1) is 22.6 Å². The maximum atomic E-state index is 10.5. The van der Waals surface area contributed by atoms with Crippen molar-refractivity contribution in [2.24, 2.45) is 4.99 Å². The molecule has 92 valence electrons. The van der Waals surface area contributed by atoms with Crippen molar-refractivity contribution in [1.82, 2.24) is 0 Å². The summed E-state index contributed by atoms with van der Waals surface area (Å²) in [6.07, 6.45) is 1.61. The lowest BCUT2D eigenvalue weighted by molar-refractivity contribution is -0.380. The molecule has 0 saturated heterocycles. The molecule has 0 aliphatic rings. The summed E-state index contributed by atoms with van der Waals surface area (Å²) in [6.45, 7) is 0. The number of thiophene rings is 1. The first kappa shape index (κ1) is 12.3. The maximum absolute atomic E-state index is 10.5. The Bertz CT molecular complexity index is 575. The largest absolute Gasteiger partial charge is 0.497 e. The Morgan fingerprint density at radius 3 is 2.56 bits per heavy atom. The van der Waals surface area contributed by atoms with Crippen LogP contribution in [0, 0.1) is 10.1 Å². The van der Waals surface area contributed by atoms with Gasteiger partial charge in [-0.1, -0.05) is 11.3 Å². The normalized spacial score (nSPS) is 10.7. The van der Waals surface area contributed by atoms with Crippen LogP contribution in [0.1, 0.15) is 4.88 Å². The van der Waals surface area contributed by atoms with Crippen molar-refractivity contribution < 1.29 is 9.66 Å². The topological polar surface area (TPSA) is 64.7 Å². The van der Waals surface area contributed by atoms with Crippen molar-refractivity contribution in [2.75, 3.05) is 7.11 Å². The van der Waals surface area contributed by atoms with Crippen LogP contribution in [-0.2, 0) is 0 Å². The van der Waals surface area contributed by atoms with Crippen molar-refractivity contribution in [3.05, 3.63) is 51.4 Å². The Kier molecular flexibility index (Phi) is 3.69. The number of nitro groups is 1. The predicted octanol–water partition coefficient (Wildman–Crippen LogP) is 3.42. The minimum atomic E-state index is -0.407. The highest BCUT2D eigenvalue weighted by molar-refractivity contribution is 7.16. The summed E-state index contributed by atoms with van der Waals surface area (Å²) < 4.78 is 5.04. The van der Waals surface area contributed by atoms with Gasteiger partial charge in [0.25, 0.3) is 0 Å². The molecule has 0 bridgehead atoms. The molecule has 0 aliphatic heterocycles. The van der Waals surface area contributed by atoms with Crippen molar-refractivity contribution in [3.63, 3.8) is 0 Å². The second-order valence-electron chi connectivity index (χ2n) is 3.39. The van der Waals surface area contributed by atoms with Crippen molar-refractivity contribution in [2.45, 2.75) is 0 Å². The van der Waals surface area contributed by atoms with Gasteiger partial charge in [-0.2, -0.15) is 0 Å². The molecule has 0 amide bonds. The fraction of sp³-hybridized carbons (Fsp3) is 0.0833. The zero-order chi connectivity index (χ0) is 13.0. The quantitative estimate of drug-likeness (QED) is 0.481. The first-order chi connectivity index (χ1) is 8.69. The van der Waals surface area contributed by atoms with E-state index in [-0.39, 0.29) is 5.00 Å². The van der Waals surface area contributed by atoms with E-state index in [1.165, 1.54) is 6.07 Å². The van der Waals surface area contributed by atoms with Gasteiger partial charge >= 0.3 is 5.00 Å². The molecule has 0 unspecified atom stereocenters. The van der Waals surface area contributed by atoms with E-state index in [0.29, 0.717) is 0 Å². The highest BCUT2D eigenvalue weighted by atomic mass is 32.1. The number of rotatable bonds is 4. The van der Waals surface area contributed by atoms with E-state index in [4.69, 9.17) is 4.74 Å². The number of aliphatic imine (C=N–C) groups is 1. The molecule has 2 rings (SSSR count). The SMILES string of the molecule is COc1ccc(N=Cc2ccc([N+](=O)[O-])s2)cc1. The van der Waals surface area contributed by atoms with Gasteiger partial charge < -0.3 is 4.74 Å². The second-order valence-corrected chi connectivity index (χ2v) is 4.48. The van der Waals surface area contributed by atoms with Gasteiger partial charge in [0, 0.05) is 12.3 Å². The van der Waals surface area contributed by atoms with Gasteiger partial charge in [0.15, 0.2) is 0 Å². The summed E-state index contributed by atoms with van der Waals surface area (Å²) in [4.78, 5) is 15.1. The highest BCUT2D eigenvalue weighted by Crippen LogP contribution is 2.23. The fourth-order valence-electron chi connectivity index (χ4n) is 1.32. The number of methoxy groups -OCH3 is 1. The molecule has 0 atom stereocenters. The zero-order valence-electron chi connectivity index (χ0n) is 9.57. The molecular weight excluding hydrogens is 252 g/mol. The average Bonchev–Trinajstić information content (AvgIpc) is 2.86. The number of hydrogen-bond donors (Lipinski definition) is 0. The number of nitrogens with zero attached hydrogens (tertiary/aromatic N) is 2. The molecule has 5 nitrogen and oxygen atoms in total. The molecule has 0 radical (unpaired) electrons. The van der Waals surface area contributed by atoms with Crippen LogP contribution in [0.4, 0.5) is 10.7 Å². The molecule has 0 fully saturated rings. The Morgan fingerprint density at radius 1 is 1.28 bits per heavy atom. The van der Waals surface area contributed by atoms with Crippen LogP contribution in [0.3, 0.4) is 0 Å². The smallest absolute Gasteiger partial charge is 0.324 e. The van der Waals surface area contributed by atoms with E-state index >= 15 is 0 Å². The Hall–Kier alpha value is -2.21. The minimum Gasteiger partial charge on any atom is -0.497 e. The van der Waals surface area contributed by atoms with E-state index in [2.05, 4.69) is 4.99 Å². The number of hydrogen-bond acceptors (Lipinski definition) is 5. The van der Waals surface area contributed by atoms with Gasteiger partial charge in [-0.05, 0) is 30.3 Å². The van der Waals surface area contributed by atoms with E-state index in [0.717, 1.165) is 27.7 Å². The van der Waals surface area contributed by atoms with Gasteiger partial charge in [0.2, 0.25) is 0 Å². The first-order valence-corrected chi connectivity index (χ1v) is 5.93. The van der Waals surface area contributed by atoms with E-state index in [1.807, 2.05) is 24.3 Å². The Balaban J connectivity index is 2.11. The predicted molar refractivity (Wildman–Crippen MR) is 71.2 cm³/mol. The van der Waals surface area contributed by atoms with E-state index in [1.54, 1.807) is 19.4 Å². The van der Waals surface area contributed by atoms with Gasteiger partial charge in [-0.25, -0.2) is 0 Å². The summed E-state index contributed by atoms with van der Waals surface area (Å²) in [5.74, 6) is 0.765. The summed E-state index contributed by atoms with van der Waals surface area (Å²) in [7, 11) is 1.60. The van der Waals surface area contributed by atoms with Crippen LogP contribution in [0.25, 0.3) is 0 Å². The van der Waals surface area contributed by atoms with Crippen LogP contribution in [0.15, 0.2) is 41.4 Å². The zero-order valence-corrected chi connectivity index (χ0v) is 10.4. The third kappa shape index (κ3) is 2.92. The van der Waals surface area contributed by atoms with Gasteiger partial charge in [-0.15, -0.1) is 0 Å². The van der Waals surface area contributed by atoms with Crippen LogP contribution < -0.4 is 4.74 Å². The van der Waals surface area contributed by atoms with Crippen LogP contribution in [-0.4, -0.2) is 18.2 Å². The molecule has 1 aromatic heterocycles. The summed E-state index contributed by atoms with van der Waals surface area (Å²) in [5, 5.41) is 10.6. The average molecular weight is 262 g/mol. The molecule has 18 heavy (non-hydrogen) atoms. The number of benzene rings is 1. The van der Waals surface area contributed by atoms with E-state index < -0.39 is 4.92 Å². The molecule has 1 aromatic carbocycles. The molecule has 6 heteroatoms. The van der Waals surface area contributed by atoms with Crippen LogP contribution >= 0.6 is 11.3 Å². The molecular formula is C12H10N2O3S. The lowest BCUT2D eigenvalue weighted by Gasteiger charge is -1.98. The number of ether oxygens (including phenoxy) is 1. The molecule has 0 aliphatic carbocycles. The molecule has 0 saturated carbocycles. The Morgan fingerprint density at radius 2 is 2.00 bits per heavy atom. The maximum Gasteiger partial charge on any atom is 0.324 e. The van der Waals surface area contributed by atoms with Gasteiger partial charge in [0.1, 0.15) is 5.75 Å². The first-order valence-electron chi connectivity index (χ1n) is 5.11. The lowest BCUT2D eigenvalue weighted by atomic mass is 10.3. The minimum absolute atomic E-state index is 0.117. The molecule has 0 spiro atoms. The van der Waals surface area contributed by atoms with Crippen molar-refractivity contribution >= 4 is 28.2 Å². The standard InChI is InChI=1S/C12H10N2O3S/c1-17-10-4-2-9(3-5-10)13-8-11-6-7-12(18-11)14(15)16/h2-8H,1H3. The molecule has 1 heterocycles. The van der Waals surface area contributed by atoms with Crippen LogP contribution in [0.2, 0.25) is 0 Å². The van der Waals surface area contributed by atoms with Crippen molar-refractivity contribution in [3.8, 4) is 5.75 Å². The van der Waals surface area contributed by atoms with Gasteiger partial charge in [-0.3, -0.25) is 15.1 Å². The van der Waals surface area contributed by atoms with E-state index in [9.17, 15) is 10.1 Å². The fourth-order valence-corrected chi connectivity index (χ4v) is 2.01. The summed E-state index contributed by atoms with van der Waals surface area (Å²) >= 11 is 1.09. The Labute approximate surface area is 108 Å². The van der Waals surface area contributed by atoms with Crippen molar-refractivity contribution in [1.29, 1.82) is 0 Å². The second kappa shape index (κ2) is 5.42. The third-order valence-corrected chi connectivity index (χ3v) is 3.18. The molecule has 0 N–H and O–H groups in total. The highest BCUT2D eigenvalue weighted by Gasteiger charge is 2.07. The van der Waals surface area contributed by atoms with Crippen LogP contribution in [0.5, 0.6) is 5.75 Å². The summed E-state index contributed by atoms with van der Waals surface area (Å²) in [5.41, 5.74) is 0.770. The summed E-state index contributed by atoms with van der Waals surface area (Å²) in [6, 6.07) is 10.4. The third-order valence-electron chi connectivity index (χ3n) is 2.21. The lowest BCUT2D eigenvalue weighted by Crippen LogP contribution is -1.81. The molecule has 2 aromatic rings.